The van der Waals surface area contributed by atoms with Crippen molar-refractivity contribution in [2.45, 2.75) is 257 Å². The lowest BCUT2D eigenvalue weighted by Crippen LogP contribution is -2.69. The van der Waals surface area contributed by atoms with E-state index in [0.717, 1.165) is 11.8 Å². The minimum Gasteiger partial charge on any atom is -0.481 e. The van der Waals surface area contributed by atoms with Crippen LogP contribution in [0.1, 0.15) is 5.56 Å². The van der Waals surface area contributed by atoms with Gasteiger partial charge in [0.1, 0.15) is 189 Å². The van der Waals surface area contributed by atoms with Gasteiger partial charge in [-0.1, -0.05) is 12.1 Å². The fourth-order valence-electron chi connectivity index (χ4n) is 13.0. The first-order valence-corrected chi connectivity index (χ1v) is 32.3. The van der Waals surface area contributed by atoms with Gasteiger partial charge in [-0.2, -0.15) is 0 Å². The van der Waals surface area contributed by atoms with Gasteiger partial charge in [-0.3, -0.25) is 4.79 Å². The Morgan fingerprint density at radius 1 is 0.286 bits per heavy atom. The minimum atomic E-state index is -2.27. The summed E-state index contributed by atoms with van der Waals surface area (Å²) in [5.41, 5.74) is 0.353. The van der Waals surface area contributed by atoms with E-state index >= 15 is 0 Å². The molecule has 0 saturated carbocycles. The molecule has 0 unspecified atom stereocenters. The second-order valence-electron chi connectivity index (χ2n) is 24.8. The molecule has 30 aliphatic rings. The van der Waals surface area contributed by atoms with Crippen LogP contribution in [0, 0.1) is 0 Å². The highest BCUT2D eigenvalue weighted by atomic mass is 32.2. The van der Waals surface area contributed by atoms with E-state index < -0.39 is 304 Å². The van der Waals surface area contributed by atoms with Gasteiger partial charge in [-0.25, -0.2) is 0 Å². The highest BCUT2D eigenvalue weighted by Crippen LogP contribution is 2.41. The van der Waals surface area contributed by atoms with Gasteiger partial charge in [-0.05, 0) is 17.7 Å². The number of carboxylic acids is 1. The Morgan fingerprint density at radius 2 is 0.480 bits per heavy atom. The van der Waals surface area contributed by atoms with E-state index in [4.69, 9.17) is 75.8 Å². The maximum Gasteiger partial charge on any atom is 0.307 e. The molecule has 31 rings (SSSR count). The van der Waals surface area contributed by atoms with Crippen molar-refractivity contribution in [2.75, 3.05) is 52.0 Å². The Morgan fingerprint density at radius 3 is 0.673 bits per heavy atom. The highest BCUT2D eigenvalue weighted by Gasteiger charge is 2.60. The second-order valence-corrected chi connectivity index (χ2v) is 25.9. The van der Waals surface area contributed by atoms with E-state index in [2.05, 4.69) is 0 Å². The van der Waals surface area contributed by atoms with Crippen molar-refractivity contribution in [2.24, 2.45) is 0 Å². The minimum absolute atomic E-state index is 0.320. The Labute approximate surface area is 558 Å². The molecule has 0 aromatic heterocycles. The predicted octanol–water partition coefficient (Wildman–Crippen LogP) is -15.0. The first kappa shape index (κ1) is 78.1. The fraction of sp³-hybridized carbons (Fsp3) is 0.875. The Hall–Kier alpha value is -2.52. The largest absolute Gasteiger partial charge is 0.481 e. The summed E-state index contributed by atoms with van der Waals surface area (Å²) in [5, 5.41) is 268. The summed E-state index contributed by atoms with van der Waals surface area (Å²) in [4.78, 5) is 12.0. The molecule has 0 spiro atoms. The lowest BCUT2D eigenvalue weighted by molar-refractivity contribution is -0.403. The van der Waals surface area contributed by atoms with Crippen LogP contribution in [-0.2, 0) is 87.0 Å². The molecular weight excluding hydrogens is 1360 g/mol. The van der Waals surface area contributed by atoms with Gasteiger partial charge in [0.2, 0.25) is 0 Å². The Balaban J connectivity index is 0.933. The molecule has 30 fully saturated rings. The van der Waals surface area contributed by atoms with Gasteiger partial charge >= 0.3 is 5.97 Å². The molecule has 1 aromatic rings. The third-order valence-electron chi connectivity index (χ3n) is 18.4. The number of carboxylic acid groups (broad SMARTS) is 1. The zero-order valence-corrected chi connectivity index (χ0v) is 52.2. The summed E-state index contributed by atoms with van der Waals surface area (Å²) in [6, 6.07) is 6.13. The normalized spacial score (nSPS) is 50.8. The molecule has 16 bridgehead atoms. The first-order valence-electron chi connectivity index (χ1n) is 31.3. The number of rotatable bonds is 12. The van der Waals surface area contributed by atoms with Crippen LogP contribution in [0.2, 0.25) is 0 Å². The Kier molecular flexibility index (Phi) is 26.9. The van der Waals surface area contributed by atoms with E-state index in [1.54, 1.807) is 6.07 Å². The van der Waals surface area contributed by atoms with Gasteiger partial charge in [0.25, 0.3) is 0 Å². The van der Waals surface area contributed by atoms with Crippen LogP contribution in [-0.4, -0.2) is 426 Å². The van der Waals surface area contributed by atoms with Crippen molar-refractivity contribution < 1.29 is 203 Å². The summed E-state index contributed by atoms with van der Waals surface area (Å²) in [5.74, 6) is -1.48. The molecule has 562 valence electrons. The lowest BCUT2D eigenvalue weighted by Gasteiger charge is -2.50. The third-order valence-corrected chi connectivity index (χ3v) is 19.5. The maximum atomic E-state index is 11.9. The van der Waals surface area contributed by atoms with Crippen molar-refractivity contribution in [1.82, 2.24) is 0 Å². The van der Waals surface area contributed by atoms with Crippen LogP contribution in [0.4, 0.5) is 0 Å². The van der Waals surface area contributed by atoms with E-state index in [-0.39, 0.29) is 5.75 Å². The van der Waals surface area contributed by atoms with Crippen LogP contribution in [0.5, 0.6) is 0 Å². The number of benzene rings is 1. The quantitative estimate of drug-likeness (QED) is 0.0864. The number of aliphatic hydroxyl groups excluding tert-OH is 23. The standard InChI is InChI=1S/C56H86O41S/c57-6-16-41-25(66)33(74)49(82-16)91-42-17(7-58)84-51(35(76)27(42)68)93-44-19(9-60)86-53(37(78)29(44)70)95-46-21(11-62)88-55(39(80)31(46)72)97-48-23(13-98-15-3-1-2-14(4-15)5-24(64)65)89-56(40(81)32(48)73)96-47-22(12-63)87-54(38(79)30(47)71)94-45-20(10-61)85-52(36(77)28(45)69)92-43-18(8-59)83-50(90-41)34(75)26(43)67/h1-4,16-23,25-63,66-81H,5-13H2,(H,64,65)/t16-,17-,18-,19-,20-,21-,22-,23-,25-,26-,27-,28-,29-,30-,31-,32-,33-,34-,35-,36-,37-,38-,39-,40-,41-,42-,43-,44-,45-,46-,47-,48-,49-,50-,51-,52-,53-,54-,55-,56-/m1/s1. The van der Waals surface area contributed by atoms with Crippen LogP contribution in [0.25, 0.3) is 0 Å². The summed E-state index contributed by atoms with van der Waals surface area (Å²) in [7, 11) is 0. The smallest absolute Gasteiger partial charge is 0.307 e. The highest BCUT2D eigenvalue weighted by molar-refractivity contribution is 7.99. The zero-order chi connectivity index (χ0) is 71.0. The number of aliphatic carboxylic acids is 1. The number of hydrogen-bond acceptors (Lipinski definition) is 41. The molecule has 0 radical (unpaired) electrons. The van der Waals surface area contributed by atoms with Crippen molar-refractivity contribution in [1.29, 1.82) is 0 Å². The molecule has 41 nitrogen and oxygen atoms in total. The summed E-state index contributed by atoms with van der Waals surface area (Å²) >= 11 is 0.967. The molecule has 30 saturated heterocycles. The van der Waals surface area contributed by atoms with Gasteiger partial charge in [0.05, 0.1) is 58.8 Å². The zero-order valence-electron chi connectivity index (χ0n) is 51.3. The number of aliphatic hydroxyl groups is 23. The summed E-state index contributed by atoms with van der Waals surface area (Å²) in [6.45, 7) is -7.64. The molecule has 98 heavy (non-hydrogen) atoms. The molecule has 1 aromatic carbocycles. The van der Waals surface area contributed by atoms with Gasteiger partial charge in [-0.15, -0.1) is 11.8 Å². The van der Waals surface area contributed by atoms with Crippen molar-refractivity contribution in [3.8, 4) is 0 Å². The molecule has 30 heterocycles. The summed E-state index contributed by atoms with van der Waals surface area (Å²) in [6.07, 6.45) is -82.6. The molecule has 42 heteroatoms. The molecule has 0 amide bonds. The monoisotopic (exact) mass is 1450 g/mol. The van der Waals surface area contributed by atoms with E-state index in [0.29, 0.717) is 10.5 Å². The van der Waals surface area contributed by atoms with Gasteiger partial charge < -0.3 is 198 Å². The molecule has 0 aliphatic carbocycles. The van der Waals surface area contributed by atoms with Crippen molar-refractivity contribution >= 4 is 17.7 Å². The number of hydrogen-bond donors (Lipinski definition) is 24. The van der Waals surface area contributed by atoms with Crippen LogP contribution >= 0.6 is 11.8 Å². The number of ether oxygens (including phenoxy) is 16. The van der Waals surface area contributed by atoms with E-state index in [1.807, 2.05) is 0 Å². The summed E-state index contributed by atoms with van der Waals surface area (Å²) < 4.78 is 93.0. The lowest BCUT2D eigenvalue weighted by atomic mass is 9.95. The Bertz CT molecular complexity index is 2650. The SMILES string of the molecule is O=C(O)Cc1cccc(SC[C@H]2O[C@@H]3O[C@H]4[C@H](O)[C@@H](O)[C@@H](O[C@H]5[C@H](O)[C@@H](O)[C@@H](O[C@H]6[C@H](O)[C@@H](O)[C@@H](O[C@H]7[C@H](O)[C@@H](O)[C@@H](O[C@H]8[C@H](O)[C@@H](O)[C@@H](O[C@H]9[C@H](O)[C@@H](O)[C@@H](O[C@H]%10[C@H](O)[C@@H](O)[C@@H](O[C@H]2[C@H](O)[C@H]3O)O[C@@H]%10CO)O[C@@H]9CO)O[C@@H]8CO)O[C@@H]7CO)O[C@@H]6CO)O[C@@H]5CO)O[C@@H]4CO)c1. The van der Waals surface area contributed by atoms with Crippen molar-refractivity contribution in [3.63, 3.8) is 0 Å². The van der Waals surface area contributed by atoms with E-state index in [1.165, 1.54) is 18.2 Å². The van der Waals surface area contributed by atoms with Crippen LogP contribution in [0.3, 0.4) is 0 Å². The van der Waals surface area contributed by atoms with Gasteiger partial charge in [0.15, 0.2) is 50.3 Å². The first-order chi connectivity index (χ1) is 46.7. The number of thioether (sulfide) groups is 1. The predicted molar refractivity (Wildman–Crippen MR) is 302 cm³/mol. The van der Waals surface area contributed by atoms with E-state index in [9.17, 15) is 127 Å². The fourth-order valence-corrected chi connectivity index (χ4v) is 14.0. The van der Waals surface area contributed by atoms with Gasteiger partial charge in [0, 0.05) is 10.6 Å². The average Bonchev–Trinajstić information content (AvgIpc) is 0.778. The average molecular weight is 1450 g/mol. The molecular formula is C56H86O41S. The molecule has 24 N–H and O–H groups in total. The third kappa shape index (κ3) is 16.2. The van der Waals surface area contributed by atoms with Crippen LogP contribution < -0.4 is 0 Å². The number of carbonyl (C=O) groups is 1. The molecule has 30 aliphatic heterocycles. The second kappa shape index (κ2) is 33.7. The maximum absolute atomic E-state index is 11.9. The van der Waals surface area contributed by atoms with Crippen molar-refractivity contribution in [3.05, 3.63) is 29.8 Å². The molecule has 40 atom stereocenters. The topological polar surface area (TPSA) is 650 Å². The van der Waals surface area contributed by atoms with Crippen LogP contribution in [0.15, 0.2) is 29.2 Å².